The Morgan fingerprint density at radius 1 is 1.17 bits per heavy atom. The molecule has 0 N–H and O–H groups in total. The second-order valence-electron chi connectivity index (χ2n) is 7.56. The highest BCUT2D eigenvalue weighted by Crippen LogP contribution is 2.42. The van der Waals surface area contributed by atoms with Crippen LogP contribution in [0.2, 0.25) is 0 Å². The van der Waals surface area contributed by atoms with E-state index in [-0.39, 0.29) is 10.5 Å². The molecule has 0 bridgehead atoms. The summed E-state index contributed by atoms with van der Waals surface area (Å²) in [6.45, 7) is 1.98. The molecule has 6 nitrogen and oxygen atoms in total. The first-order chi connectivity index (χ1) is 14.0. The van der Waals surface area contributed by atoms with E-state index >= 15 is 0 Å². The van der Waals surface area contributed by atoms with E-state index in [1.165, 1.54) is 41.7 Å². The van der Waals surface area contributed by atoms with Crippen LogP contribution >= 0.6 is 27.5 Å². The van der Waals surface area contributed by atoms with Gasteiger partial charge in [0.2, 0.25) is 20.0 Å². The third-order valence-corrected chi connectivity index (χ3v) is 11.7. The lowest BCUT2D eigenvalue weighted by molar-refractivity contribution is 0.460. The molecule has 2 atom stereocenters. The van der Waals surface area contributed by atoms with E-state index in [0.717, 1.165) is 10.0 Å². The van der Waals surface area contributed by atoms with E-state index in [1.54, 1.807) is 6.07 Å². The average molecular weight is 538 g/mol. The maximum absolute atomic E-state index is 14.5. The molecule has 11 heteroatoms. The summed E-state index contributed by atoms with van der Waals surface area (Å²) in [6.07, 6.45) is 5.20. The second-order valence-corrected chi connectivity index (χ2v) is 13.1. The largest absolute Gasteiger partial charge is 0.249 e. The highest BCUT2D eigenvalue weighted by Gasteiger charge is 2.54. The quantitative estimate of drug-likeness (QED) is 0.592. The average Bonchev–Trinajstić information content (AvgIpc) is 3.35. The molecule has 1 aliphatic heterocycles. The van der Waals surface area contributed by atoms with E-state index in [9.17, 15) is 21.2 Å². The lowest BCUT2D eigenvalue weighted by Gasteiger charge is -2.37. The monoisotopic (exact) mass is 536 g/mol. The van der Waals surface area contributed by atoms with Crippen molar-refractivity contribution in [2.75, 3.05) is 13.1 Å². The SMILES string of the molecule is CC1(S(=O)(=O)n2ccc3cccc(F)c32)C=C(Cl)C(Br)=CC1S(=O)(=O)N1CCCC1. The van der Waals surface area contributed by atoms with E-state index < -0.39 is 35.9 Å². The van der Waals surface area contributed by atoms with E-state index in [1.807, 2.05) is 0 Å². The fraction of sp³-hybridized carbons (Fsp3) is 0.368. The van der Waals surface area contributed by atoms with Gasteiger partial charge in [-0.3, -0.25) is 0 Å². The number of allylic oxidation sites excluding steroid dienone is 2. The molecule has 1 saturated heterocycles. The van der Waals surface area contributed by atoms with Crippen molar-refractivity contribution in [2.24, 2.45) is 0 Å². The van der Waals surface area contributed by atoms with Gasteiger partial charge in [0.25, 0.3) is 0 Å². The molecule has 2 aliphatic rings. The van der Waals surface area contributed by atoms with E-state index in [0.29, 0.717) is 35.8 Å². The van der Waals surface area contributed by atoms with Crippen molar-refractivity contribution in [2.45, 2.75) is 29.8 Å². The third kappa shape index (κ3) is 3.19. The molecule has 2 aromatic rings. The Bertz CT molecular complexity index is 1300. The first kappa shape index (κ1) is 22.0. The van der Waals surface area contributed by atoms with Crippen molar-refractivity contribution in [3.63, 3.8) is 0 Å². The molecule has 2 unspecified atom stereocenters. The van der Waals surface area contributed by atoms with Crippen LogP contribution in [0.15, 0.2) is 52.1 Å². The first-order valence-corrected chi connectivity index (χ1v) is 13.4. The molecule has 1 aliphatic carbocycles. The molecule has 1 fully saturated rings. The lowest BCUT2D eigenvalue weighted by Crippen LogP contribution is -2.54. The minimum atomic E-state index is -4.44. The summed E-state index contributed by atoms with van der Waals surface area (Å²) in [6, 6.07) is 5.71. The molecule has 1 aromatic heterocycles. The number of sulfonamides is 1. The van der Waals surface area contributed by atoms with Gasteiger partial charge in [-0.15, -0.1) is 0 Å². The van der Waals surface area contributed by atoms with E-state index in [4.69, 9.17) is 11.6 Å². The summed E-state index contributed by atoms with van der Waals surface area (Å²) in [7, 11) is -8.47. The topological polar surface area (TPSA) is 76.5 Å². The van der Waals surface area contributed by atoms with Gasteiger partial charge in [-0.2, -0.15) is 0 Å². The summed E-state index contributed by atoms with van der Waals surface area (Å²) in [5.41, 5.74) is -0.130. The van der Waals surface area contributed by atoms with Crippen molar-refractivity contribution in [1.29, 1.82) is 0 Å². The van der Waals surface area contributed by atoms with Crippen LogP contribution in [0.1, 0.15) is 19.8 Å². The number of benzene rings is 1. The number of nitrogens with zero attached hydrogens (tertiary/aromatic N) is 2. The summed E-state index contributed by atoms with van der Waals surface area (Å²) in [5.74, 6) is -0.716. The fourth-order valence-electron chi connectivity index (χ4n) is 4.02. The van der Waals surface area contributed by atoms with Gasteiger partial charge in [-0.1, -0.05) is 23.7 Å². The zero-order valence-electron chi connectivity index (χ0n) is 15.9. The minimum absolute atomic E-state index is 0.0749. The highest BCUT2D eigenvalue weighted by atomic mass is 79.9. The van der Waals surface area contributed by atoms with Crippen LogP contribution in [0.3, 0.4) is 0 Å². The Morgan fingerprint density at radius 3 is 2.50 bits per heavy atom. The Morgan fingerprint density at radius 2 is 1.83 bits per heavy atom. The smallest absolute Gasteiger partial charge is 0.241 e. The maximum atomic E-state index is 14.5. The normalized spacial score (nSPS) is 26.1. The molecule has 162 valence electrons. The van der Waals surface area contributed by atoms with Gasteiger partial charge < -0.3 is 0 Å². The third-order valence-electron chi connectivity index (χ3n) is 5.69. The summed E-state index contributed by atoms with van der Waals surface area (Å²) in [4.78, 5) is 0. The number of fused-ring (bicyclic) bond motifs is 1. The Balaban J connectivity index is 1.95. The molecular weight excluding hydrogens is 519 g/mol. The number of hydrogen-bond acceptors (Lipinski definition) is 4. The van der Waals surface area contributed by atoms with E-state index in [2.05, 4.69) is 15.9 Å². The lowest BCUT2D eigenvalue weighted by atomic mass is 10.0. The number of halogens is 3. The molecule has 2 heterocycles. The Kier molecular flexibility index (Phi) is 5.46. The predicted octanol–water partition coefficient (Wildman–Crippen LogP) is 3.93. The van der Waals surface area contributed by atoms with Crippen molar-refractivity contribution in [3.05, 3.63) is 57.9 Å². The van der Waals surface area contributed by atoms with Crippen LogP contribution in [-0.2, 0) is 20.0 Å². The Labute approximate surface area is 188 Å². The van der Waals surface area contributed by atoms with Gasteiger partial charge in [0.05, 0.1) is 10.5 Å². The van der Waals surface area contributed by atoms with Crippen LogP contribution in [0, 0.1) is 5.82 Å². The Hall–Kier alpha value is -1.20. The molecule has 1 aromatic carbocycles. The van der Waals surface area contributed by atoms with Gasteiger partial charge >= 0.3 is 0 Å². The van der Waals surface area contributed by atoms with Gasteiger partial charge in [0.15, 0.2) is 0 Å². The van der Waals surface area contributed by atoms with Crippen LogP contribution < -0.4 is 0 Å². The second kappa shape index (κ2) is 7.44. The zero-order chi connectivity index (χ0) is 21.9. The molecule has 4 rings (SSSR count). The number of hydrogen-bond donors (Lipinski definition) is 0. The molecule has 0 spiro atoms. The van der Waals surface area contributed by atoms with Crippen molar-refractivity contribution in [3.8, 4) is 0 Å². The maximum Gasteiger partial charge on any atom is 0.249 e. The van der Waals surface area contributed by atoms with Crippen molar-refractivity contribution < 1.29 is 21.2 Å². The molecular formula is C19H19BrClFN2O4S2. The highest BCUT2D eigenvalue weighted by molar-refractivity contribution is 9.12. The fourth-order valence-corrected chi connectivity index (χ4v) is 9.42. The van der Waals surface area contributed by atoms with Crippen molar-refractivity contribution >= 4 is 58.5 Å². The molecule has 30 heavy (non-hydrogen) atoms. The van der Waals surface area contributed by atoms with Gasteiger partial charge in [0, 0.05) is 29.2 Å². The van der Waals surface area contributed by atoms with Crippen LogP contribution in [-0.4, -0.2) is 48.2 Å². The van der Waals surface area contributed by atoms with Gasteiger partial charge in [-0.05, 0) is 60.0 Å². The molecule has 0 saturated carbocycles. The predicted molar refractivity (Wildman–Crippen MR) is 119 cm³/mol. The van der Waals surface area contributed by atoms with Gasteiger partial charge in [0.1, 0.15) is 15.8 Å². The molecule has 0 radical (unpaired) electrons. The first-order valence-electron chi connectivity index (χ1n) is 9.26. The van der Waals surface area contributed by atoms with Crippen LogP contribution in [0.4, 0.5) is 4.39 Å². The van der Waals surface area contributed by atoms with Crippen LogP contribution in [0.25, 0.3) is 10.9 Å². The number of aromatic nitrogens is 1. The standard InChI is InChI=1S/C19H19BrClFN2O4S2/c1-19(30(27,28)24-10-7-13-5-4-6-16(22)18(13)24)12-15(21)14(20)11-17(19)29(25,26)23-8-2-3-9-23/h4-7,10-12,17H,2-3,8-9H2,1H3. The number of rotatable bonds is 4. The summed E-state index contributed by atoms with van der Waals surface area (Å²) in [5, 5.41) is -0.969. The summed E-state index contributed by atoms with van der Waals surface area (Å²) < 4.78 is 69.5. The zero-order valence-corrected chi connectivity index (χ0v) is 19.9. The van der Waals surface area contributed by atoms with Gasteiger partial charge in [-0.25, -0.2) is 29.5 Å². The van der Waals surface area contributed by atoms with Crippen molar-refractivity contribution in [1.82, 2.24) is 8.28 Å². The summed E-state index contributed by atoms with van der Waals surface area (Å²) >= 11 is 9.46. The molecule has 0 amide bonds. The number of para-hydroxylation sites is 1. The minimum Gasteiger partial charge on any atom is -0.241 e. The van der Waals surface area contributed by atoms with Crippen LogP contribution in [0.5, 0.6) is 0 Å².